The van der Waals surface area contributed by atoms with Crippen molar-refractivity contribution in [3.63, 3.8) is 0 Å². The molecule has 1 aliphatic heterocycles. The Hall–Kier alpha value is -3.72. The van der Waals surface area contributed by atoms with Crippen LogP contribution in [0, 0.1) is 10.1 Å². The number of likely N-dealkylation sites (tertiary alicyclic amines) is 1. The van der Waals surface area contributed by atoms with Gasteiger partial charge < -0.3 is 19.5 Å². The van der Waals surface area contributed by atoms with E-state index in [1.165, 1.54) is 30.2 Å². The summed E-state index contributed by atoms with van der Waals surface area (Å²) < 4.78 is 10.4. The summed E-state index contributed by atoms with van der Waals surface area (Å²) in [6, 6.07) is 11.2. The maximum Gasteiger partial charge on any atom is 0.295 e. The average Bonchev–Trinajstić information content (AvgIpc) is 3.04. The van der Waals surface area contributed by atoms with Crippen molar-refractivity contribution in [2.24, 2.45) is 0 Å². The van der Waals surface area contributed by atoms with Crippen LogP contribution < -0.4 is 4.74 Å². The van der Waals surface area contributed by atoms with E-state index >= 15 is 0 Å². The molecule has 0 aromatic heterocycles. The molecule has 32 heavy (non-hydrogen) atoms. The largest absolute Gasteiger partial charge is 0.507 e. The number of non-ortho nitro benzene ring substituents is 1. The van der Waals surface area contributed by atoms with Crippen LogP contribution in [0.3, 0.4) is 0 Å². The van der Waals surface area contributed by atoms with Gasteiger partial charge in [-0.2, -0.15) is 0 Å². The predicted molar refractivity (Wildman–Crippen MR) is 116 cm³/mol. The third kappa shape index (κ3) is 4.62. The summed E-state index contributed by atoms with van der Waals surface area (Å²) in [4.78, 5) is 37.8. The van der Waals surface area contributed by atoms with E-state index < -0.39 is 22.7 Å². The topological polar surface area (TPSA) is 119 Å². The van der Waals surface area contributed by atoms with E-state index in [9.17, 15) is 24.8 Å². The van der Waals surface area contributed by atoms with Gasteiger partial charge in [0.05, 0.1) is 23.1 Å². The highest BCUT2D eigenvalue weighted by atomic mass is 16.6. The lowest BCUT2D eigenvalue weighted by Crippen LogP contribution is -2.31. The summed E-state index contributed by atoms with van der Waals surface area (Å²) in [7, 11) is 1.53. The molecule has 1 heterocycles. The molecule has 9 heteroatoms. The van der Waals surface area contributed by atoms with Crippen molar-refractivity contribution in [1.82, 2.24) is 4.90 Å². The number of carbonyl (C=O) groups excluding carboxylic acids is 2. The maximum absolute atomic E-state index is 12.9. The highest BCUT2D eigenvalue weighted by Crippen LogP contribution is 2.40. The number of hydrogen-bond donors (Lipinski definition) is 1. The molecule has 1 fully saturated rings. The van der Waals surface area contributed by atoms with Crippen LogP contribution in [0.1, 0.15) is 30.5 Å². The van der Waals surface area contributed by atoms with E-state index in [1.54, 1.807) is 30.3 Å². The van der Waals surface area contributed by atoms with Gasteiger partial charge in [0.25, 0.3) is 17.4 Å². The second-order valence-corrected chi connectivity index (χ2v) is 7.15. The van der Waals surface area contributed by atoms with Gasteiger partial charge in [0, 0.05) is 38.0 Å². The first-order valence-electron chi connectivity index (χ1n) is 10.1. The van der Waals surface area contributed by atoms with Gasteiger partial charge in [-0.05, 0) is 43.2 Å². The van der Waals surface area contributed by atoms with E-state index in [0.717, 1.165) is 0 Å². The Balaban J connectivity index is 2.11. The third-order valence-electron chi connectivity index (χ3n) is 5.12. The second kappa shape index (κ2) is 10.1. The number of methoxy groups -OCH3 is 1. The van der Waals surface area contributed by atoms with Crippen LogP contribution in [0.4, 0.5) is 5.69 Å². The van der Waals surface area contributed by atoms with Crippen molar-refractivity contribution in [2.45, 2.75) is 19.4 Å². The molecule has 0 saturated carbocycles. The van der Waals surface area contributed by atoms with Crippen molar-refractivity contribution in [3.8, 4) is 5.75 Å². The van der Waals surface area contributed by atoms with Crippen LogP contribution >= 0.6 is 0 Å². The lowest BCUT2D eigenvalue weighted by Gasteiger charge is -2.25. The number of amides is 1. The van der Waals surface area contributed by atoms with Gasteiger partial charge in [0.1, 0.15) is 11.5 Å². The molecule has 0 unspecified atom stereocenters. The Morgan fingerprint density at radius 3 is 2.53 bits per heavy atom. The molecule has 168 valence electrons. The van der Waals surface area contributed by atoms with Gasteiger partial charge in [0.15, 0.2) is 0 Å². The molecule has 2 aromatic rings. The van der Waals surface area contributed by atoms with Crippen molar-refractivity contribution < 1.29 is 29.1 Å². The van der Waals surface area contributed by atoms with E-state index in [1.807, 2.05) is 6.92 Å². The number of nitro groups is 1. The van der Waals surface area contributed by atoms with Crippen LogP contribution in [-0.4, -0.2) is 53.5 Å². The molecule has 9 nitrogen and oxygen atoms in total. The molecule has 0 radical (unpaired) electrons. The Morgan fingerprint density at radius 1 is 1.19 bits per heavy atom. The summed E-state index contributed by atoms with van der Waals surface area (Å²) in [6.45, 7) is 2.87. The number of aliphatic hydroxyl groups is 1. The minimum absolute atomic E-state index is 0.114. The quantitative estimate of drug-likeness (QED) is 0.158. The number of rotatable bonds is 9. The number of ketones is 1. The summed E-state index contributed by atoms with van der Waals surface area (Å²) in [6.07, 6.45) is 0.456. The molecule has 3 rings (SSSR count). The van der Waals surface area contributed by atoms with E-state index in [0.29, 0.717) is 36.5 Å². The maximum atomic E-state index is 12.9. The Morgan fingerprint density at radius 2 is 1.91 bits per heavy atom. The number of hydrogen-bond acceptors (Lipinski definition) is 7. The number of aliphatic hydroxyl groups excluding tert-OH is 1. The molecule has 1 aliphatic rings. The first kappa shape index (κ1) is 23.0. The number of benzene rings is 2. The van der Waals surface area contributed by atoms with Gasteiger partial charge in [-0.1, -0.05) is 12.1 Å². The fourth-order valence-electron chi connectivity index (χ4n) is 3.68. The van der Waals surface area contributed by atoms with Gasteiger partial charge in [-0.15, -0.1) is 0 Å². The fraction of sp³-hybridized carbons (Fsp3) is 0.304. The molecule has 1 amide bonds. The van der Waals surface area contributed by atoms with Gasteiger partial charge in [-0.3, -0.25) is 19.7 Å². The Bertz CT molecular complexity index is 1050. The zero-order chi connectivity index (χ0) is 23.3. The average molecular weight is 440 g/mol. The predicted octanol–water partition coefficient (Wildman–Crippen LogP) is 3.45. The van der Waals surface area contributed by atoms with Gasteiger partial charge in [0.2, 0.25) is 0 Å². The monoisotopic (exact) mass is 440 g/mol. The normalized spacial score (nSPS) is 17.6. The minimum atomic E-state index is -0.960. The van der Waals surface area contributed by atoms with Crippen LogP contribution in [-0.2, 0) is 14.3 Å². The van der Waals surface area contributed by atoms with Crippen molar-refractivity contribution in [1.29, 1.82) is 0 Å². The number of ether oxygens (including phenoxy) is 2. The molecule has 1 N–H and O–H groups in total. The molecule has 1 saturated heterocycles. The molecule has 0 spiro atoms. The van der Waals surface area contributed by atoms with E-state index in [2.05, 4.69) is 0 Å². The Kier molecular flexibility index (Phi) is 7.21. The number of nitro benzene ring substituents is 1. The molecule has 1 atom stereocenters. The third-order valence-corrected chi connectivity index (χ3v) is 5.12. The second-order valence-electron chi connectivity index (χ2n) is 7.15. The molecule has 0 bridgehead atoms. The van der Waals surface area contributed by atoms with Crippen molar-refractivity contribution in [3.05, 3.63) is 75.3 Å². The van der Waals surface area contributed by atoms with Gasteiger partial charge in [-0.25, -0.2) is 0 Å². The van der Waals surface area contributed by atoms with Crippen LogP contribution in [0.5, 0.6) is 5.75 Å². The standard InChI is InChI=1S/C23H24N2O7/c1-3-32-18-10-8-15(9-11-18)21(26)19-20(16-6-4-7-17(14-16)25(29)30)24(12-5-13-31-2)23(28)22(19)27/h4,6-11,14,20,26H,3,5,12-13H2,1-2H3/t20-/m0/s1. The lowest BCUT2D eigenvalue weighted by molar-refractivity contribution is -0.384. The molecular formula is C23H24N2O7. The molecular weight excluding hydrogens is 416 g/mol. The molecule has 0 aliphatic carbocycles. The molecule has 2 aromatic carbocycles. The summed E-state index contributed by atoms with van der Waals surface area (Å²) in [5.74, 6) is -1.37. The van der Waals surface area contributed by atoms with E-state index in [-0.39, 0.29) is 23.6 Å². The van der Waals surface area contributed by atoms with Crippen LogP contribution in [0.25, 0.3) is 5.76 Å². The lowest BCUT2D eigenvalue weighted by atomic mass is 9.95. The van der Waals surface area contributed by atoms with Crippen LogP contribution in [0.15, 0.2) is 54.1 Å². The number of nitrogens with zero attached hydrogens (tertiary/aromatic N) is 2. The Labute approximate surface area is 185 Å². The van der Waals surface area contributed by atoms with Gasteiger partial charge >= 0.3 is 0 Å². The highest BCUT2D eigenvalue weighted by Gasteiger charge is 2.46. The number of carbonyl (C=O) groups is 2. The zero-order valence-corrected chi connectivity index (χ0v) is 17.8. The zero-order valence-electron chi connectivity index (χ0n) is 17.8. The van der Waals surface area contributed by atoms with Crippen LogP contribution in [0.2, 0.25) is 0 Å². The first-order valence-corrected chi connectivity index (χ1v) is 10.1. The summed E-state index contributed by atoms with van der Waals surface area (Å²) in [5.41, 5.74) is 0.408. The minimum Gasteiger partial charge on any atom is -0.507 e. The van der Waals surface area contributed by atoms with Crippen molar-refractivity contribution in [2.75, 3.05) is 26.9 Å². The first-order chi connectivity index (χ1) is 15.4. The number of Topliss-reactive ketones (excluding diaryl/α,β-unsaturated/α-hetero) is 1. The summed E-state index contributed by atoms with van der Waals surface area (Å²) >= 11 is 0. The van der Waals surface area contributed by atoms with Crippen molar-refractivity contribution >= 4 is 23.1 Å². The van der Waals surface area contributed by atoms with E-state index in [4.69, 9.17) is 9.47 Å². The summed E-state index contributed by atoms with van der Waals surface area (Å²) in [5, 5.41) is 22.3. The highest BCUT2D eigenvalue weighted by molar-refractivity contribution is 6.46. The smallest absolute Gasteiger partial charge is 0.295 e. The fourth-order valence-corrected chi connectivity index (χ4v) is 3.68. The SMILES string of the molecule is CCOc1ccc(C(O)=C2C(=O)C(=O)N(CCCOC)[C@H]2c2cccc([N+](=O)[O-])c2)cc1.